The summed E-state index contributed by atoms with van der Waals surface area (Å²) >= 11 is 12.4. The van der Waals surface area contributed by atoms with E-state index in [-0.39, 0.29) is 6.10 Å². The van der Waals surface area contributed by atoms with Crippen molar-refractivity contribution >= 4 is 23.2 Å². The fourth-order valence-corrected chi connectivity index (χ4v) is 2.83. The third-order valence-electron chi connectivity index (χ3n) is 3.29. The van der Waals surface area contributed by atoms with E-state index in [1.54, 1.807) is 13.2 Å². The molecule has 1 fully saturated rings. The Morgan fingerprint density at radius 2 is 2.24 bits per heavy atom. The molecule has 0 amide bonds. The number of hydrogen-bond donors (Lipinski definition) is 1. The van der Waals surface area contributed by atoms with Crippen LogP contribution < -0.4 is 10.1 Å². The zero-order chi connectivity index (χ0) is 15.1. The normalized spacial score (nSPS) is 18.7. The van der Waals surface area contributed by atoms with Crippen LogP contribution in [0.4, 0.5) is 0 Å². The van der Waals surface area contributed by atoms with Gasteiger partial charge in [-0.3, -0.25) is 0 Å². The Morgan fingerprint density at radius 1 is 1.38 bits per heavy atom. The molecule has 0 bridgehead atoms. The van der Waals surface area contributed by atoms with E-state index in [1.165, 1.54) is 0 Å². The monoisotopic (exact) mass is 333 g/mol. The topological polar surface area (TPSA) is 39.7 Å². The fraction of sp³-hybridized carbons (Fsp3) is 0.600. The van der Waals surface area contributed by atoms with Gasteiger partial charge in [0.2, 0.25) is 0 Å². The van der Waals surface area contributed by atoms with Crippen LogP contribution in [0.1, 0.15) is 18.4 Å². The van der Waals surface area contributed by atoms with Gasteiger partial charge in [0.25, 0.3) is 0 Å². The zero-order valence-electron chi connectivity index (χ0n) is 12.2. The van der Waals surface area contributed by atoms with Gasteiger partial charge >= 0.3 is 0 Å². The van der Waals surface area contributed by atoms with Crippen molar-refractivity contribution in [2.75, 3.05) is 33.5 Å². The van der Waals surface area contributed by atoms with Crippen LogP contribution in [0.15, 0.2) is 12.1 Å². The van der Waals surface area contributed by atoms with Gasteiger partial charge in [0.05, 0.1) is 18.2 Å². The first-order chi connectivity index (χ1) is 10.2. The molecule has 1 atom stereocenters. The molecule has 0 spiro atoms. The summed E-state index contributed by atoms with van der Waals surface area (Å²) in [7, 11) is 1.68. The molecule has 21 heavy (non-hydrogen) atoms. The van der Waals surface area contributed by atoms with Crippen LogP contribution in [-0.2, 0) is 16.0 Å². The van der Waals surface area contributed by atoms with Crippen molar-refractivity contribution in [2.24, 2.45) is 0 Å². The Bertz CT molecular complexity index is 451. The molecule has 6 heteroatoms. The van der Waals surface area contributed by atoms with Gasteiger partial charge in [0.15, 0.2) is 0 Å². The average Bonchev–Trinajstić information content (AvgIpc) is 2.48. The molecule has 4 nitrogen and oxygen atoms in total. The van der Waals surface area contributed by atoms with Gasteiger partial charge in [0.1, 0.15) is 11.9 Å². The quantitative estimate of drug-likeness (QED) is 0.777. The Labute approximate surface area is 135 Å². The van der Waals surface area contributed by atoms with Gasteiger partial charge in [-0.1, -0.05) is 23.2 Å². The van der Waals surface area contributed by atoms with Crippen LogP contribution >= 0.6 is 23.2 Å². The van der Waals surface area contributed by atoms with Crippen LogP contribution in [0.25, 0.3) is 0 Å². The van der Waals surface area contributed by atoms with Crippen molar-refractivity contribution < 1.29 is 14.2 Å². The van der Waals surface area contributed by atoms with Gasteiger partial charge in [-0.25, -0.2) is 0 Å². The van der Waals surface area contributed by atoms with Crippen LogP contribution in [-0.4, -0.2) is 39.6 Å². The number of halogens is 2. The standard InChI is InChI=1S/C15H21Cl2NO3/c1-19-6-4-18-9-11-7-12(16)8-14(17)15(11)21-13-3-2-5-20-10-13/h7-8,13,18H,2-6,9-10H2,1H3. The minimum atomic E-state index is 0.0511. The lowest BCUT2D eigenvalue weighted by Gasteiger charge is -2.25. The highest BCUT2D eigenvalue weighted by molar-refractivity contribution is 6.35. The van der Waals surface area contributed by atoms with E-state index in [4.69, 9.17) is 37.4 Å². The molecule has 1 unspecified atom stereocenters. The number of ether oxygens (including phenoxy) is 3. The molecule has 0 radical (unpaired) electrons. The first kappa shape index (κ1) is 16.8. The SMILES string of the molecule is COCCNCc1cc(Cl)cc(Cl)c1OC1CCCOC1. The van der Waals surface area contributed by atoms with Gasteiger partial charge in [-0.05, 0) is 25.0 Å². The van der Waals surface area contributed by atoms with Crippen molar-refractivity contribution in [3.05, 3.63) is 27.7 Å². The fourth-order valence-electron chi connectivity index (χ4n) is 2.25. The molecule has 1 aliphatic heterocycles. The summed E-state index contributed by atoms with van der Waals surface area (Å²) in [6.07, 6.45) is 2.04. The average molecular weight is 334 g/mol. The molecule has 118 valence electrons. The number of hydrogen-bond acceptors (Lipinski definition) is 4. The van der Waals surface area contributed by atoms with E-state index in [0.29, 0.717) is 35.6 Å². The Morgan fingerprint density at radius 3 is 2.95 bits per heavy atom. The third-order valence-corrected chi connectivity index (χ3v) is 3.79. The molecule has 1 N–H and O–H groups in total. The highest BCUT2D eigenvalue weighted by Gasteiger charge is 2.19. The van der Waals surface area contributed by atoms with Gasteiger partial charge in [-0.15, -0.1) is 0 Å². The summed E-state index contributed by atoms with van der Waals surface area (Å²) in [5.41, 5.74) is 0.953. The second-order valence-electron chi connectivity index (χ2n) is 5.00. The maximum Gasteiger partial charge on any atom is 0.143 e. The first-order valence-electron chi connectivity index (χ1n) is 7.12. The Kier molecular flexibility index (Phi) is 7.07. The summed E-state index contributed by atoms with van der Waals surface area (Å²) in [6.45, 7) is 3.45. The van der Waals surface area contributed by atoms with E-state index in [2.05, 4.69) is 5.32 Å². The molecular weight excluding hydrogens is 313 g/mol. The number of nitrogens with one attached hydrogen (secondary N) is 1. The maximum atomic E-state index is 6.29. The lowest BCUT2D eigenvalue weighted by Crippen LogP contribution is -2.29. The minimum Gasteiger partial charge on any atom is -0.486 e. The Balaban J connectivity index is 2.05. The maximum absolute atomic E-state index is 6.29. The molecule has 0 aliphatic carbocycles. The van der Waals surface area contributed by atoms with Crippen LogP contribution in [0.5, 0.6) is 5.75 Å². The van der Waals surface area contributed by atoms with E-state index in [1.807, 2.05) is 6.07 Å². The van der Waals surface area contributed by atoms with Crippen molar-refractivity contribution in [2.45, 2.75) is 25.5 Å². The first-order valence-corrected chi connectivity index (χ1v) is 7.88. The van der Waals surface area contributed by atoms with E-state index < -0.39 is 0 Å². The molecule has 2 rings (SSSR count). The number of rotatable bonds is 7. The van der Waals surface area contributed by atoms with E-state index in [0.717, 1.165) is 31.6 Å². The van der Waals surface area contributed by atoms with Crippen molar-refractivity contribution in [1.29, 1.82) is 0 Å². The van der Waals surface area contributed by atoms with Gasteiger partial charge in [0, 0.05) is 37.4 Å². The number of benzene rings is 1. The second kappa shape index (κ2) is 8.81. The summed E-state index contributed by atoms with van der Waals surface area (Å²) in [5.74, 6) is 0.696. The summed E-state index contributed by atoms with van der Waals surface area (Å²) in [6, 6.07) is 3.59. The third kappa shape index (κ3) is 5.31. The van der Waals surface area contributed by atoms with E-state index in [9.17, 15) is 0 Å². The van der Waals surface area contributed by atoms with Gasteiger partial charge < -0.3 is 19.5 Å². The Hall–Kier alpha value is -0.520. The summed E-state index contributed by atoms with van der Waals surface area (Å²) < 4.78 is 16.5. The van der Waals surface area contributed by atoms with Crippen molar-refractivity contribution in [3.8, 4) is 5.75 Å². The van der Waals surface area contributed by atoms with Crippen molar-refractivity contribution in [3.63, 3.8) is 0 Å². The predicted molar refractivity (Wildman–Crippen MR) is 84.5 cm³/mol. The second-order valence-corrected chi connectivity index (χ2v) is 5.85. The largest absolute Gasteiger partial charge is 0.486 e. The molecular formula is C15H21Cl2NO3. The highest BCUT2D eigenvalue weighted by atomic mass is 35.5. The number of methoxy groups -OCH3 is 1. The van der Waals surface area contributed by atoms with Crippen LogP contribution in [0.3, 0.4) is 0 Å². The smallest absolute Gasteiger partial charge is 0.143 e. The van der Waals surface area contributed by atoms with Crippen LogP contribution in [0, 0.1) is 0 Å². The molecule has 1 heterocycles. The molecule has 1 aromatic carbocycles. The van der Waals surface area contributed by atoms with Gasteiger partial charge in [-0.2, -0.15) is 0 Å². The summed E-state index contributed by atoms with van der Waals surface area (Å²) in [5, 5.41) is 4.43. The summed E-state index contributed by atoms with van der Waals surface area (Å²) in [4.78, 5) is 0. The van der Waals surface area contributed by atoms with Crippen LogP contribution in [0.2, 0.25) is 10.0 Å². The predicted octanol–water partition coefficient (Wildman–Crippen LogP) is 3.29. The van der Waals surface area contributed by atoms with E-state index >= 15 is 0 Å². The highest BCUT2D eigenvalue weighted by Crippen LogP contribution is 2.34. The molecule has 0 aromatic heterocycles. The molecule has 1 saturated heterocycles. The molecule has 1 aliphatic rings. The minimum absolute atomic E-state index is 0.0511. The molecule has 1 aromatic rings. The zero-order valence-corrected chi connectivity index (χ0v) is 13.7. The lowest BCUT2D eigenvalue weighted by atomic mass is 10.1. The lowest BCUT2D eigenvalue weighted by molar-refractivity contribution is 0.00704. The van der Waals surface area contributed by atoms with Crippen molar-refractivity contribution in [1.82, 2.24) is 5.32 Å². The molecule has 0 saturated carbocycles.